The summed E-state index contributed by atoms with van der Waals surface area (Å²) in [6.07, 6.45) is 2.07. The number of benzene rings is 2. The summed E-state index contributed by atoms with van der Waals surface area (Å²) in [6, 6.07) is 10.8. The third-order valence-corrected chi connectivity index (χ3v) is 7.10. The fourth-order valence-corrected chi connectivity index (χ4v) is 5.21. The highest BCUT2D eigenvalue weighted by Gasteiger charge is 2.34. The molecule has 7 heteroatoms. The second-order valence-electron chi connectivity index (χ2n) is 6.87. The molecule has 0 bridgehead atoms. The van der Waals surface area contributed by atoms with E-state index in [-0.39, 0.29) is 17.4 Å². The van der Waals surface area contributed by atoms with Gasteiger partial charge in [-0.3, -0.25) is 0 Å². The summed E-state index contributed by atoms with van der Waals surface area (Å²) in [7, 11) is -3.44. The Hall–Kier alpha value is -2.54. The minimum atomic E-state index is -3.44. The number of aryl methyl sites for hydroxylation is 1. The van der Waals surface area contributed by atoms with Gasteiger partial charge in [-0.25, -0.2) is 13.2 Å². The average Bonchev–Trinajstić information content (AvgIpc) is 2.62. The highest BCUT2D eigenvalue weighted by atomic mass is 32.2. The SMILES string of the molecule is Cc1ccc(S(=O)(=O)C2CCCC(Oc3ccc(C(=O)O)c(O)c3)C2)cc1. The summed E-state index contributed by atoms with van der Waals surface area (Å²) in [5.41, 5.74) is 0.800. The molecule has 27 heavy (non-hydrogen) atoms. The molecule has 0 amide bonds. The average molecular weight is 390 g/mol. The summed E-state index contributed by atoms with van der Waals surface area (Å²) in [6.45, 7) is 1.91. The fraction of sp³-hybridized carbons (Fsp3) is 0.350. The summed E-state index contributed by atoms with van der Waals surface area (Å²) in [5, 5.41) is 18.2. The molecule has 6 nitrogen and oxygen atoms in total. The van der Waals surface area contributed by atoms with Crippen molar-refractivity contribution in [3.8, 4) is 11.5 Å². The van der Waals surface area contributed by atoms with E-state index in [1.54, 1.807) is 24.3 Å². The fourth-order valence-electron chi connectivity index (χ4n) is 3.37. The zero-order chi connectivity index (χ0) is 19.6. The van der Waals surface area contributed by atoms with E-state index in [0.29, 0.717) is 29.9 Å². The van der Waals surface area contributed by atoms with Crippen LogP contribution in [0.25, 0.3) is 0 Å². The van der Waals surface area contributed by atoms with Crippen LogP contribution in [0.5, 0.6) is 11.5 Å². The first-order chi connectivity index (χ1) is 12.8. The Bertz CT molecular complexity index is 933. The van der Waals surface area contributed by atoms with Crippen molar-refractivity contribution < 1.29 is 28.2 Å². The Morgan fingerprint density at radius 3 is 2.44 bits per heavy atom. The Labute approximate surface area is 158 Å². The van der Waals surface area contributed by atoms with Gasteiger partial charge in [0.2, 0.25) is 0 Å². The molecule has 0 spiro atoms. The number of sulfone groups is 1. The van der Waals surface area contributed by atoms with Crippen LogP contribution in [0.1, 0.15) is 41.6 Å². The molecule has 3 rings (SSSR count). The number of hydrogen-bond donors (Lipinski definition) is 2. The maximum atomic E-state index is 12.9. The van der Waals surface area contributed by atoms with Gasteiger partial charge in [0.05, 0.1) is 16.2 Å². The first-order valence-corrected chi connectivity index (χ1v) is 10.4. The van der Waals surface area contributed by atoms with Gasteiger partial charge >= 0.3 is 5.97 Å². The van der Waals surface area contributed by atoms with Crippen LogP contribution in [0.4, 0.5) is 0 Å². The zero-order valence-corrected chi connectivity index (χ0v) is 15.8. The predicted octanol–water partition coefficient (Wildman–Crippen LogP) is 3.56. The molecule has 0 aliphatic heterocycles. The van der Waals surface area contributed by atoms with Crippen molar-refractivity contribution in [1.82, 2.24) is 0 Å². The number of carbonyl (C=O) groups is 1. The van der Waals surface area contributed by atoms with Gasteiger partial charge in [0, 0.05) is 12.5 Å². The number of phenols is 1. The molecule has 2 atom stereocenters. The molecule has 0 radical (unpaired) electrons. The normalized spacial score (nSPS) is 20.2. The lowest BCUT2D eigenvalue weighted by atomic mass is 9.97. The lowest BCUT2D eigenvalue weighted by molar-refractivity contribution is 0.0693. The molecule has 0 aromatic heterocycles. The van der Waals surface area contributed by atoms with E-state index in [0.717, 1.165) is 12.0 Å². The van der Waals surface area contributed by atoms with Crippen molar-refractivity contribution in [2.75, 3.05) is 0 Å². The molecule has 2 aromatic carbocycles. The van der Waals surface area contributed by atoms with Crippen molar-refractivity contribution in [1.29, 1.82) is 0 Å². The third kappa shape index (κ3) is 4.24. The lowest BCUT2D eigenvalue weighted by Crippen LogP contribution is -2.33. The van der Waals surface area contributed by atoms with E-state index in [1.165, 1.54) is 18.2 Å². The highest BCUT2D eigenvalue weighted by molar-refractivity contribution is 7.92. The van der Waals surface area contributed by atoms with Gasteiger partial charge in [-0.15, -0.1) is 0 Å². The standard InChI is InChI=1S/C20H22O6S/c1-13-5-8-16(9-6-13)27(24,25)17-4-2-3-14(11-17)26-15-7-10-18(20(22)23)19(21)12-15/h5-10,12,14,17,21H,2-4,11H2,1H3,(H,22,23). The van der Waals surface area contributed by atoms with Crippen molar-refractivity contribution in [2.45, 2.75) is 48.9 Å². The molecular formula is C20H22O6S. The van der Waals surface area contributed by atoms with Gasteiger partial charge in [0.1, 0.15) is 17.1 Å². The number of carboxylic acids is 1. The second-order valence-corrected chi connectivity index (χ2v) is 9.10. The number of carboxylic acid groups (broad SMARTS) is 1. The molecule has 2 aromatic rings. The summed E-state index contributed by atoms with van der Waals surface area (Å²) < 4.78 is 31.7. The minimum absolute atomic E-state index is 0.203. The maximum absolute atomic E-state index is 12.9. The number of rotatable bonds is 5. The van der Waals surface area contributed by atoms with Crippen LogP contribution in [-0.2, 0) is 9.84 Å². The zero-order valence-electron chi connectivity index (χ0n) is 15.0. The highest BCUT2D eigenvalue weighted by Crippen LogP contribution is 2.32. The van der Waals surface area contributed by atoms with Gasteiger partial charge in [-0.1, -0.05) is 17.7 Å². The third-order valence-electron chi connectivity index (χ3n) is 4.87. The molecule has 0 heterocycles. The Morgan fingerprint density at radius 2 is 1.81 bits per heavy atom. The van der Waals surface area contributed by atoms with Gasteiger partial charge in [0.15, 0.2) is 9.84 Å². The molecule has 0 saturated heterocycles. The van der Waals surface area contributed by atoms with Gasteiger partial charge in [-0.2, -0.15) is 0 Å². The number of aromatic hydroxyl groups is 1. The molecule has 144 valence electrons. The smallest absolute Gasteiger partial charge is 0.339 e. The van der Waals surface area contributed by atoms with E-state index < -0.39 is 21.1 Å². The van der Waals surface area contributed by atoms with Crippen LogP contribution in [0.2, 0.25) is 0 Å². The number of hydrogen-bond acceptors (Lipinski definition) is 5. The minimum Gasteiger partial charge on any atom is -0.507 e. The molecule has 1 aliphatic carbocycles. The molecule has 2 unspecified atom stereocenters. The molecule has 1 saturated carbocycles. The summed E-state index contributed by atoms with van der Waals surface area (Å²) in [5.74, 6) is -1.27. The van der Waals surface area contributed by atoms with Crippen molar-refractivity contribution in [3.63, 3.8) is 0 Å². The molecular weight excluding hydrogens is 368 g/mol. The second kappa shape index (κ2) is 7.60. The van der Waals surface area contributed by atoms with Gasteiger partial charge in [0.25, 0.3) is 0 Å². The predicted molar refractivity (Wildman–Crippen MR) is 100 cm³/mol. The molecule has 1 aliphatic rings. The Kier molecular flexibility index (Phi) is 5.41. The van der Waals surface area contributed by atoms with Crippen LogP contribution in [0.15, 0.2) is 47.4 Å². The quantitative estimate of drug-likeness (QED) is 0.809. The Balaban J connectivity index is 1.73. The van der Waals surface area contributed by atoms with Crippen molar-refractivity contribution in [2.24, 2.45) is 0 Å². The molecule has 1 fully saturated rings. The van der Waals surface area contributed by atoms with E-state index in [2.05, 4.69) is 0 Å². The largest absolute Gasteiger partial charge is 0.507 e. The maximum Gasteiger partial charge on any atom is 0.339 e. The first-order valence-electron chi connectivity index (χ1n) is 8.81. The first kappa shape index (κ1) is 19.2. The summed E-state index contributed by atoms with van der Waals surface area (Å²) >= 11 is 0. The van der Waals surface area contributed by atoms with E-state index >= 15 is 0 Å². The van der Waals surface area contributed by atoms with Crippen molar-refractivity contribution >= 4 is 15.8 Å². The van der Waals surface area contributed by atoms with Crippen LogP contribution < -0.4 is 4.74 Å². The topological polar surface area (TPSA) is 101 Å². The van der Waals surface area contributed by atoms with E-state index in [9.17, 15) is 18.3 Å². The summed E-state index contributed by atoms with van der Waals surface area (Å²) in [4.78, 5) is 11.3. The van der Waals surface area contributed by atoms with Crippen LogP contribution in [-0.4, -0.2) is 36.0 Å². The van der Waals surface area contributed by atoms with E-state index in [1.807, 2.05) is 6.92 Å². The van der Waals surface area contributed by atoms with Crippen LogP contribution >= 0.6 is 0 Å². The number of ether oxygens (including phenoxy) is 1. The van der Waals surface area contributed by atoms with Crippen molar-refractivity contribution in [3.05, 3.63) is 53.6 Å². The lowest BCUT2D eigenvalue weighted by Gasteiger charge is -2.29. The number of aromatic carboxylic acids is 1. The monoisotopic (exact) mass is 390 g/mol. The van der Waals surface area contributed by atoms with Gasteiger partial charge in [-0.05, 0) is 50.5 Å². The van der Waals surface area contributed by atoms with Crippen LogP contribution in [0.3, 0.4) is 0 Å². The Morgan fingerprint density at radius 1 is 1.11 bits per heavy atom. The van der Waals surface area contributed by atoms with Gasteiger partial charge < -0.3 is 14.9 Å². The van der Waals surface area contributed by atoms with Crippen LogP contribution in [0, 0.1) is 6.92 Å². The molecule has 2 N–H and O–H groups in total. The van der Waals surface area contributed by atoms with E-state index in [4.69, 9.17) is 9.84 Å².